The molecule has 0 amide bonds. The van der Waals surface area contributed by atoms with Crippen LogP contribution >= 0.6 is 0 Å². The molecule has 3 heterocycles. The van der Waals surface area contributed by atoms with Gasteiger partial charge in [-0.3, -0.25) is 4.57 Å². The molecule has 1 aromatic carbocycles. The number of fused-ring (bicyclic) bond motifs is 1. The van der Waals surface area contributed by atoms with Crippen LogP contribution in [-0.2, 0) is 18.4 Å². The molecule has 0 saturated carbocycles. The van der Waals surface area contributed by atoms with E-state index < -0.39 is 5.97 Å². The predicted octanol–water partition coefficient (Wildman–Crippen LogP) is 1.91. The van der Waals surface area contributed by atoms with E-state index >= 15 is 0 Å². The number of esters is 1. The number of nitrogens with zero attached hydrogens (tertiary/aromatic N) is 6. The first-order valence-corrected chi connectivity index (χ1v) is 7.60. The number of aryl methyl sites for hydroxylation is 1. The average Bonchev–Trinajstić information content (AvgIpc) is 3.30. The first-order valence-electron chi connectivity index (χ1n) is 7.60. The molecule has 0 aliphatic rings. The summed E-state index contributed by atoms with van der Waals surface area (Å²) in [6.45, 7) is 0.157. The van der Waals surface area contributed by atoms with Crippen molar-refractivity contribution in [2.75, 3.05) is 0 Å². The van der Waals surface area contributed by atoms with Gasteiger partial charge in [0.15, 0.2) is 0 Å². The SMILES string of the molecule is Cn1nnc2ccc(C(=O)OCc3ccnc(-n4ccnc4)c3)cc21. The van der Waals surface area contributed by atoms with Crippen LogP contribution < -0.4 is 0 Å². The van der Waals surface area contributed by atoms with Crippen molar-refractivity contribution in [2.24, 2.45) is 7.05 Å². The lowest BCUT2D eigenvalue weighted by Gasteiger charge is -2.07. The zero-order valence-electron chi connectivity index (χ0n) is 13.4. The summed E-state index contributed by atoms with van der Waals surface area (Å²) in [6.07, 6.45) is 6.81. The second kappa shape index (κ2) is 6.16. The van der Waals surface area contributed by atoms with E-state index in [-0.39, 0.29) is 6.61 Å². The highest BCUT2D eigenvalue weighted by Gasteiger charge is 2.11. The number of imidazole rings is 1. The molecule has 0 N–H and O–H groups in total. The molecule has 0 unspecified atom stereocenters. The van der Waals surface area contributed by atoms with E-state index in [2.05, 4.69) is 20.3 Å². The summed E-state index contributed by atoms with van der Waals surface area (Å²) in [5.41, 5.74) is 2.82. The highest BCUT2D eigenvalue weighted by atomic mass is 16.5. The van der Waals surface area contributed by atoms with E-state index in [9.17, 15) is 4.79 Å². The maximum Gasteiger partial charge on any atom is 0.338 e. The van der Waals surface area contributed by atoms with Crippen LogP contribution in [0.1, 0.15) is 15.9 Å². The fraction of sp³-hybridized carbons (Fsp3) is 0.118. The van der Waals surface area contributed by atoms with Crippen LogP contribution in [0, 0.1) is 0 Å². The lowest BCUT2D eigenvalue weighted by atomic mass is 10.2. The van der Waals surface area contributed by atoms with Gasteiger partial charge in [0.25, 0.3) is 0 Å². The number of hydrogen-bond donors (Lipinski definition) is 0. The van der Waals surface area contributed by atoms with Crippen molar-refractivity contribution < 1.29 is 9.53 Å². The fourth-order valence-corrected chi connectivity index (χ4v) is 2.48. The van der Waals surface area contributed by atoms with Gasteiger partial charge in [-0.25, -0.2) is 19.4 Å². The molecule has 4 aromatic rings. The molecular formula is C17H14N6O2. The molecule has 124 valence electrons. The van der Waals surface area contributed by atoms with E-state index in [0.29, 0.717) is 11.4 Å². The molecular weight excluding hydrogens is 320 g/mol. The van der Waals surface area contributed by atoms with E-state index in [1.54, 1.807) is 59.4 Å². The molecule has 0 aliphatic heterocycles. The topological polar surface area (TPSA) is 87.7 Å². The average molecular weight is 334 g/mol. The number of aromatic nitrogens is 6. The Kier molecular flexibility index (Phi) is 3.70. The molecule has 8 nitrogen and oxygen atoms in total. The third-order valence-electron chi connectivity index (χ3n) is 3.80. The summed E-state index contributed by atoms with van der Waals surface area (Å²) in [5.74, 6) is 0.317. The second-order valence-corrected chi connectivity index (χ2v) is 5.48. The van der Waals surface area contributed by atoms with Gasteiger partial charge in [0, 0.05) is 25.6 Å². The molecule has 25 heavy (non-hydrogen) atoms. The normalized spacial score (nSPS) is 10.9. The molecule has 0 aliphatic carbocycles. The smallest absolute Gasteiger partial charge is 0.338 e. The Morgan fingerprint density at radius 2 is 2.12 bits per heavy atom. The Morgan fingerprint density at radius 1 is 1.20 bits per heavy atom. The summed E-state index contributed by atoms with van der Waals surface area (Å²) in [7, 11) is 1.78. The van der Waals surface area contributed by atoms with Gasteiger partial charge in [0.1, 0.15) is 24.3 Å². The van der Waals surface area contributed by atoms with Crippen molar-refractivity contribution in [3.63, 3.8) is 0 Å². The molecule has 0 saturated heterocycles. The number of carbonyl (C=O) groups excluding carboxylic acids is 1. The minimum atomic E-state index is -0.399. The predicted molar refractivity (Wildman–Crippen MR) is 89.0 cm³/mol. The molecule has 3 aromatic heterocycles. The number of rotatable bonds is 4. The second-order valence-electron chi connectivity index (χ2n) is 5.48. The Labute approximate surface area is 142 Å². The quantitative estimate of drug-likeness (QED) is 0.530. The van der Waals surface area contributed by atoms with E-state index in [0.717, 1.165) is 16.6 Å². The monoisotopic (exact) mass is 334 g/mol. The van der Waals surface area contributed by atoms with Gasteiger partial charge in [0.2, 0.25) is 0 Å². The Morgan fingerprint density at radius 3 is 2.96 bits per heavy atom. The van der Waals surface area contributed by atoms with Crippen molar-refractivity contribution in [1.82, 2.24) is 29.5 Å². The molecule has 0 fully saturated rings. The highest BCUT2D eigenvalue weighted by Crippen LogP contribution is 2.15. The first-order chi connectivity index (χ1) is 12.2. The van der Waals surface area contributed by atoms with Crippen LogP contribution in [0.2, 0.25) is 0 Å². The Bertz CT molecular complexity index is 1040. The van der Waals surface area contributed by atoms with E-state index in [1.165, 1.54) is 0 Å². The number of benzene rings is 1. The maximum absolute atomic E-state index is 12.3. The highest BCUT2D eigenvalue weighted by molar-refractivity contribution is 5.93. The van der Waals surface area contributed by atoms with Crippen LogP contribution in [0.3, 0.4) is 0 Å². The Balaban J connectivity index is 1.49. The molecule has 0 spiro atoms. The third kappa shape index (κ3) is 2.97. The number of pyridine rings is 1. The lowest BCUT2D eigenvalue weighted by molar-refractivity contribution is 0.0472. The van der Waals surface area contributed by atoms with Gasteiger partial charge in [0.05, 0.1) is 11.1 Å². The van der Waals surface area contributed by atoms with E-state index in [4.69, 9.17) is 4.74 Å². The van der Waals surface area contributed by atoms with Gasteiger partial charge in [-0.15, -0.1) is 5.10 Å². The molecule has 0 atom stereocenters. The van der Waals surface area contributed by atoms with Crippen LogP contribution in [0.5, 0.6) is 0 Å². The van der Waals surface area contributed by atoms with Crippen LogP contribution in [-0.4, -0.2) is 35.5 Å². The van der Waals surface area contributed by atoms with Gasteiger partial charge in [-0.05, 0) is 35.9 Å². The van der Waals surface area contributed by atoms with Gasteiger partial charge in [-0.1, -0.05) is 5.21 Å². The van der Waals surface area contributed by atoms with Gasteiger partial charge in [-0.2, -0.15) is 0 Å². The van der Waals surface area contributed by atoms with Crippen molar-refractivity contribution in [3.05, 3.63) is 66.4 Å². The maximum atomic E-state index is 12.3. The summed E-state index contributed by atoms with van der Waals surface area (Å²) in [6, 6.07) is 8.82. The van der Waals surface area contributed by atoms with Crippen molar-refractivity contribution in [2.45, 2.75) is 6.61 Å². The Hall–Kier alpha value is -3.55. The first kappa shape index (κ1) is 15.0. The standard InChI is InChI=1S/C17H14N6O2/c1-22-15-9-13(2-3-14(15)20-21-22)17(24)25-10-12-4-5-19-16(8-12)23-7-6-18-11-23/h2-9,11H,10H2,1H3. The summed E-state index contributed by atoms with van der Waals surface area (Å²) >= 11 is 0. The van der Waals surface area contributed by atoms with Crippen molar-refractivity contribution in [3.8, 4) is 5.82 Å². The lowest BCUT2D eigenvalue weighted by Crippen LogP contribution is -2.06. The van der Waals surface area contributed by atoms with Crippen molar-refractivity contribution in [1.29, 1.82) is 0 Å². The number of ether oxygens (including phenoxy) is 1. The van der Waals surface area contributed by atoms with Crippen LogP contribution in [0.25, 0.3) is 16.9 Å². The number of hydrogen-bond acceptors (Lipinski definition) is 6. The van der Waals surface area contributed by atoms with E-state index in [1.807, 2.05) is 12.1 Å². The molecule has 8 heteroatoms. The minimum Gasteiger partial charge on any atom is -0.457 e. The zero-order chi connectivity index (χ0) is 17.2. The fourth-order valence-electron chi connectivity index (χ4n) is 2.48. The summed E-state index contributed by atoms with van der Waals surface area (Å²) < 4.78 is 8.81. The minimum absolute atomic E-state index is 0.157. The summed E-state index contributed by atoms with van der Waals surface area (Å²) in [5, 5.41) is 7.92. The van der Waals surface area contributed by atoms with Crippen molar-refractivity contribution >= 4 is 17.0 Å². The van der Waals surface area contributed by atoms with Gasteiger partial charge < -0.3 is 4.74 Å². The summed E-state index contributed by atoms with van der Waals surface area (Å²) in [4.78, 5) is 20.6. The van der Waals surface area contributed by atoms with Crippen LogP contribution in [0.15, 0.2) is 55.2 Å². The van der Waals surface area contributed by atoms with Crippen LogP contribution in [0.4, 0.5) is 0 Å². The van der Waals surface area contributed by atoms with Gasteiger partial charge >= 0.3 is 5.97 Å². The number of carbonyl (C=O) groups is 1. The third-order valence-corrected chi connectivity index (χ3v) is 3.80. The largest absolute Gasteiger partial charge is 0.457 e. The molecule has 4 rings (SSSR count). The molecule has 0 bridgehead atoms. The zero-order valence-corrected chi connectivity index (χ0v) is 13.4. The molecule has 0 radical (unpaired) electrons.